The average Bonchev–Trinajstić information content (AvgIpc) is 2.17. The van der Waals surface area contributed by atoms with Gasteiger partial charge in [-0.15, -0.1) is 6.42 Å². The number of hydrogen-bond acceptors (Lipinski definition) is 2. The molecule has 0 aliphatic rings. The van der Waals surface area contributed by atoms with E-state index in [1.807, 2.05) is 20.9 Å². The molecule has 0 atom stereocenters. The summed E-state index contributed by atoms with van der Waals surface area (Å²) in [6.45, 7) is 16.9. The Labute approximate surface area is 102 Å². The predicted octanol–water partition coefficient (Wildman–Crippen LogP) is 2.73. The van der Waals surface area contributed by atoms with Gasteiger partial charge in [0, 0.05) is 18.8 Å². The molecule has 0 radical (unpaired) electrons. The summed E-state index contributed by atoms with van der Waals surface area (Å²) in [5, 5.41) is 3.31. The predicted molar refractivity (Wildman–Crippen MR) is 74.3 cm³/mol. The van der Waals surface area contributed by atoms with Crippen LogP contribution in [0.1, 0.15) is 34.6 Å². The van der Waals surface area contributed by atoms with Crippen LogP contribution in [0.2, 0.25) is 0 Å². The van der Waals surface area contributed by atoms with E-state index in [2.05, 4.69) is 43.5 Å². The summed E-state index contributed by atoms with van der Waals surface area (Å²) in [6, 6.07) is 0. The number of rotatable bonds is 5. The third-order valence-electron chi connectivity index (χ3n) is 1.69. The van der Waals surface area contributed by atoms with Crippen molar-refractivity contribution in [2.45, 2.75) is 34.6 Å². The quantitative estimate of drug-likeness (QED) is 0.722. The van der Waals surface area contributed by atoms with Crippen molar-refractivity contribution in [1.82, 2.24) is 10.2 Å². The first-order chi connectivity index (χ1) is 7.35. The standard InChI is InChI=1S/C12H22N2.C2H6/c1-7-8-14(6)9-11(2)13-10-12(3,4)5;1-2/h1,13H,2,8-10H2,3-6H3;1-2H3. The lowest BCUT2D eigenvalue weighted by Gasteiger charge is -2.22. The summed E-state index contributed by atoms with van der Waals surface area (Å²) in [5.74, 6) is 2.60. The molecule has 0 aliphatic heterocycles. The number of terminal acetylenes is 1. The van der Waals surface area contributed by atoms with Crippen LogP contribution in [-0.2, 0) is 0 Å². The van der Waals surface area contributed by atoms with Gasteiger partial charge in [0.15, 0.2) is 0 Å². The second-order valence-electron chi connectivity index (χ2n) is 4.89. The van der Waals surface area contributed by atoms with Crippen LogP contribution in [-0.4, -0.2) is 31.6 Å². The number of nitrogens with zero attached hydrogens (tertiary/aromatic N) is 1. The molecule has 0 aromatic carbocycles. The highest BCUT2D eigenvalue weighted by atomic mass is 15.1. The van der Waals surface area contributed by atoms with Crippen LogP contribution in [0, 0.1) is 17.8 Å². The van der Waals surface area contributed by atoms with Crippen LogP contribution in [0.15, 0.2) is 12.3 Å². The van der Waals surface area contributed by atoms with Crippen molar-refractivity contribution >= 4 is 0 Å². The summed E-state index contributed by atoms with van der Waals surface area (Å²) < 4.78 is 0. The minimum atomic E-state index is 0.285. The Bertz CT molecular complexity index is 218. The van der Waals surface area contributed by atoms with Crippen molar-refractivity contribution in [2.24, 2.45) is 5.41 Å². The van der Waals surface area contributed by atoms with E-state index in [-0.39, 0.29) is 5.41 Å². The maximum absolute atomic E-state index is 5.21. The van der Waals surface area contributed by atoms with E-state index in [1.165, 1.54) is 0 Å². The molecule has 0 saturated heterocycles. The lowest BCUT2D eigenvalue weighted by molar-refractivity contribution is 0.366. The fourth-order valence-corrected chi connectivity index (χ4v) is 0.984. The Morgan fingerprint density at radius 3 is 2.25 bits per heavy atom. The Morgan fingerprint density at radius 1 is 1.38 bits per heavy atom. The van der Waals surface area contributed by atoms with E-state index < -0.39 is 0 Å². The zero-order chi connectivity index (χ0) is 13.2. The molecular formula is C14H28N2. The number of nitrogens with one attached hydrogen (secondary N) is 1. The van der Waals surface area contributed by atoms with E-state index in [4.69, 9.17) is 6.42 Å². The van der Waals surface area contributed by atoms with Crippen molar-refractivity contribution < 1.29 is 0 Å². The molecule has 0 aromatic rings. The SMILES string of the molecule is C#CCN(C)CC(=C)NCC(C)(C)C.CC. The maximum atomic E-state index is 5.21. The summed E-state index contributed by atoms with van der Waals surface area (Å²) >= 11 is 0. The van der Waals surface area contributed by atoms with Crippen molar-refractivity contribution in [3.63, 3.8) is 0 Å². The zero-order valence-electron chi connectivity index (χ0n) is 11.9. The molecule has 0 rings (SSSR count). The van der Waals surface area contributed by atoms with Gasteiger partial charge < -0.3 is 5.32 Å². The second kappa shape index (κ2) is 9.30. The topological polar surface area (TPSA) is 15.3 Å². The first-order valence-electron chi connectivity index (χ1n) is 5.89. The van der Waals surface area contributed by atoms with Gasteiger partial charge in [-0.3, -0.25) is 4.90 Å². The molecule has 0 heterocycles. The molecule has 0 unspecified atom stereocenters. The smallest absolute Gasteiger partial charge is 0.0599 e. The maximum Gasteiger partial charge on any atom is 0.0599 e. The van der Waals surface area contributed by atoms with E-state index in [1.54, 1.807) is 0 Å². The van der Waals surface area contributed by atoms with Gasteiger partial charge in [-0.05, 0) is 12.5 Å². The van der Waals surface area contributed by atoms with Gasteiger partial charge >= 0.3 is 0 Å². The highest BCUT2D eigenvalue weighted by Gasteiger charge is 2.09. The van der Waals surface area contributed by atoms with Crippen LogP contribution in [0.4, 0.5) is 0 Å². The fraction of sp³-hybridized carbons (Fsp3) is 0.714. The van der Waals surface area contributed by atoms with Gasteiger partial charge in [0.05, 0.1) is 6.54 Å². The third-order valence-corrected chi connectivity index (χ3v) is 1.69. The first-order valence-corrected chi connectivity index (χ1v) is 5.89. The Balaban J connectivity index is 0. The van der Waals surface area contributed by atoms with Gasteiger partial charge in [0.1, 0.15) is 0 Å². The van der Waals surface area contributed by atoms with E-state index >= 15 is 0 Å². The molecule has 0 amide bonds. The molecule has 0 spiro atoms. The molecular weight excluding hydrogens is 196 g/mol. The molecule has 0 fully saturated rings. The molecule has 1 N–H and O–H groups in total. The summed E-state index contributed by atoms with van der Waals surface area (Å²) in [4.78, 5) is 2.05. The van der Waals surface area contributed by atoms with Crippen molar-refractivity contribution in [2.75, 3.05) is 26.7 Å². The monoisotopic (exact) mass is 224 g/mol. The zero-order valence-corrected chi connectivity index (χ0v) is 11.9. The van der Waals surface area contributed by atoms with Crippen molar-refractivity contribution in [3.05, 3.63) is 12.3 Å². The lowest BCUT2D eigenvalue weighted by Crippen LogP contribution is -2.31. The molecule has 0 aliphatic carbocycles. The average molecular weight is 224 g/mol. The third kappa shape index (κ3) is 13.1. The van der Waals surface area contributed by atoms with Crippen molar-refractivity contribution in [3.8, 4) is 12.3 Å². The van der Waals surface area contributed by atoms with Crippen LogP contribution >= 0.6 is 0 Å². The Morgan fingerprint density at radius 2 is 1.88 bits per heavy atom. The molecule has 0 saturated carbocycles. The minimum Gasteiger partial charge on any atom is -0.387 e. The van der Waals surface area contributed by atoms with Crippen LogP contribution < -0.4 is 5.32 Å². The fourth-order valence-electron chi connectivity index (χ4n) is 0.984. The number of hydrogen-bond donors (Lipinski definition) is 1. The van der Waals surface area contributed by atoms with E-state index in [9.17, 15) is 0 Å². The highest BCUT2D eigenvalue weighted by Crippen LogP contribution is 2.10. The van der Waals surface area contributed by atoms with E-state index in [0.717, 1.165) is 18.8 Å². The van der Waals surface area contributed by atoms with E-state index in [0.29, 0.717) is 6.54 Å². The summed E-state index contributed by atoms with van der Waals surface area (Å²) in [6.07, 6.45) is 5.21. The molecule has 0 bridgehead atoms. The number of likely N-dealkylation sites (N-methyl/N-ethyl adjacent to an activating group) is 1. The lowest BCUT2D eigenvalue weighted by atomic mass is 9.97. The second-order valence-corrected chi connectivity index (χ2v) is 4.89. The van der Waals surface area contributed by atoms with Crippen LogP contribution in [0.5, 0.6) is 0 Å². The van der Waals surface area contributed by atoms with Gasteiger partial charge in [0.25, 0.3) is 0 Å². The molecule has 2 nitrogen and oxygen atoms in total. The minimum absolute atomic E-state index is 0.285. The Kier molecular flexibility index (Phi) is 10.1. The van der Waals surface area contributed by atoms with Gasteiger partial charge in [0.2, 0.25) is 0 Å². The Hall–Kier alpha value is -0.940. The van der Waals surface area contributed by atoms with Gasteiger partial charge in [-0.25, -0.2) is 0 Å². The van der Waals surface area contributed by atoms with Crippen molar-refractivity contribution in [1.29, 1.82) is 0 Å². The summed E-state index contributed by atoms with van der Waals surface area (Å²) in [7, 11) is 1.99. The summed E-state index contributed by atoms with van der Waals surface area (Å²) in [5.41, 5.74) is 1.31. The molecule has 2 heteroatoms. The van der Waals surface area contributed by atoms with Gasteiger partial charge in [-0.2, -0.15) is 0 Å². The van der Waals surface area contributed by atoms with Crippen LogP contribution in [0.3, 0.4) is 0 Å². The normalized spacial score (nSPS) is 10.1. The molecule has 94 valence electrons. The van der Waals surface area contributed by atoms with Gasteiger partial charge in [-0.1, -0.05) is 47.1 Å². The first kappa shape index (κ1) is 17.5. The highest BCUT2D eigenvalue weighted by molar-refractivity contribution is 4.97. The van der Waals surface area contributed by atoms with Crippen LogP contribution in [0.25, 0.3) is 0 Å². The molecule has 16 heavy (non-hydrogen) atoms. The molecule has 0 aromatic heterocycles. The largest absolute Gasteiger partial charge is 0.387 e.